The lowest BCUT2D eigenvalue weighted by Crippen LogP contribution is -2.34. The minimum Gasteiger partial charge on any atom is -0.349 e. The normalized spacial score (nSPS) is 12.3. The molecular weight excluding hydrogens is 382 g/mol. The van der Waals surface area contributed by atoms with E-state index in [9.17, 15) is 4.79 Å². The Kier molecular flexibility index (Phi) is 5.61. The summed E-state index contributed by atoms with van der Waals surface area (Å²) < 4.78 is 1.05. The molecule has 2 aromatic rings. The molecule has 20 heavy (non-hydrogen) atoms. The highest BCUT2D eigenvalue weighted by Gasteiger charge is 2.12. The number of halogens is 2. The first-order valence-electron chi connectivity index (χ1n) is 6.70. The van der Waals surface area contributed by atoms with Crippen molar-refractivity contribution in [3.63, 3.8) is 0 Å². The Bertz CT molecular complexity index is 612. The maximum absolute atomic E-state index is 12.3. The van der Waals surface area contributed by atoms with Crippen LogP contribution in [0.4, 0.5) is 0 Å². The molecule has 1 N–H and O–H groups in total. The number of amides is 1. The molecule has 2 rings (SSSR count). The van der Waals surface area contributed by atoms with Gasteiger partial charge in [0.15, 0.2) is 0 Å². The first-order chi connectivity index (χ1) is 9.63. The smallest absolute Gasteiger partial charge is 0.251 e. The van der Waals surface area contributed by atoms with Crippen molar-refractivity contribution in [3.05, 3.63) is 46.4 Å². The molecule has 2 aromatic carbocycles. The van der Waals surface area contributed by atoms with Gasteiger partial charge in [0.2, 0.25) is 0 Å². The average molecular weight is 399 g/mol. The highest BCUT2D eigenvalue weighted by Crippen LogP contribution is 2.21. The molecule has 106 valence electrons. The van der Waals surface area contributed by atoms with E-state index in [0.717, 1.165) is 33.4 Å². The molecule has 0 radical (unpaired) electrons. The fraction of sp³-hybridized carbons (Fsp3) is 0.312. The Labute approximate surface area is 136 Å². The molecule has 1 atom stereocenters. The summed E-state index contributed by atoms with van der Waals surface area (Å²) in [6, 6.07) is 12.1. The molecule has 0 spiro atoms. The molecule has 0 bridgehead atoms. The summed E-state index contributed by atoms with van der Waals surface area (Å²) in [5, 5.41) is 6.19. The van der Waals surface area contributed by atoms with Crippen LogP contribution in [0.1, 0.15) is 30.1 Å². The van der Waals surface area contributed by atoms with Crippen molar-refractivity contribution < 1.29 is 4.79 Å². The summed E-state index contributed by atoms with van der Waals surface area (Å²) in [5.74, 6) is 0.00242. The minimum atomic E-state index is 0.00242. The van der Waals surface area contributed by atoms with E-state index in [0.29, 0.717) is 5.56 Å². The van der Waals surface area contributed by atoms with Crippen LogP contribution in [0.25, 0.3) is 10.8 Å². The Morgan fingerprint density at radius 3 is 2.60 bits per heavy atom. The molecule has 0 fully saturated rings. The van der Waals surface area contributed by atoms with E-state index in [1.54, 1.807) is 0 Å². The van der Waals surface area contributed by atoms with Crippen LogP contribution in [0.3, 0.4) is 0 Å². The topological polar surface area (TPSA) is 29.1 Å². The van der Waals surface area contributed by atoms with E-state index in [4.69, 9.17) is 0 Å². The number of benzene rings is 2. The largest absolute Gasteiger partial charge is 0.349 e. The quantitative estimate of drug-likeness (QED) is 0.713. The zero-order valence-electron chi connectivity index (χ0n) is 11.3. The van der Waals surface area contributed by atoms with Crippen LogP contribution in [0, 0.1) is 0 Å². The zero-order chi connectivity index (χ0) is 14.5. The fourth-order valence-electron chi connectivity index (χ4n) is 2.14. The molecule has 0 aliphatic carbocycles. The van der Waals surface area contributed by atoms with Gasteiger partial charge in [-0.15, -0.1) is 0 Å². The Balaban J connectivity index is 2.20. The Hall–Kier alpha value is -0.870. The predicted octanol–water partition coefficient (Wildman–Crippen LogP) is 4.90. The first kappa shape index (κ1) is 15.5. The van der Waals surface area contributed by atoms with Gasteiger partial charge in [0, 0.05) is 21.4 Å². The zero-order valence-corrected chi connectivity index (χ0v) is 14.5. The number of carbonyl (C=O) groups excluding carboxylic acids is 1. The number of alkyl halides is 1. The summed E-state index contributed by atoms with van der Waals surface area (Å²) in [7, 11) is 0. The highest BCUT2D eigenvalue weighted by atomic mass is 79.9. The lowest BCUT2D eigenvalue weighted by molar-refractivity contribution is 0.0935. The lowest BCUT2D eigenvalue weighted by Gasteiger charge is -2.15. The van der Waals surface area contributed by atoms with Crippen LogP contribution >= 0.6 is 31.9 Å². The number of hydrogen-bond donors (Lipinski definition) is 1. The van der Waals surface area contributed by atoms with Gasteiger partial charge in [-0.25, -0.2) is 0 Å². The number of fused-ring (bicyclic) bond motifs is 1. The number of rotatable bonds is 5. The predicted molar refractivity (Wildman–Crippen MR) is 91.6 cm³/mol. The second kappa shape index (κ2) is 7.23. The summed E-state index contributed by atoms with van der Waals surface area (Å²) in [5.41, 5.74) is 0.716. The average Bonchev–Trinajstić information content (AvgIpc) is 2.46. The second-order valence-corrected chi connectivity index (χ2v) is 6.47. The summed E-state index contributed by atoms with van der Waals surface area (Å²) in [4.78, 5) is 12.3. The van der Waals surface area contributed by atoms with Gasteiger partial charge in [-0.2, -0.15) is 0 Å². The molecule has 1 amide bonds. The summed E-state index contributed by atoms with van der Waals surface area (Å²) in [6.45, 7) is 2.09. The minimum absolute atomic E-state index is 0.00242. The third kappa shape index (κ3) is 3.83. The molecule has 1 unspecified atom stereocenters. The molecule has 0 saturated carbocycles. The van der Waals surface area contributed by atoms with Gasteiger partial charge in [-0.1, -0.05) is 50.9 Å². The summed E-state index contributed by atoms with van der Waals surface area (Å²) >= 11 is 6.88. The third-order valence-corrected chi connectivity index (χ3v) is 4.30. The van der Waals surface area contributed by atoms with Crippen molar-refractivity contribution in [2.75, 3.05) is 5.33 Å². The monoisotopic (exact) mass is 397 g/mol. The van der Waals surface area contributed by atoms with Crippen LogP contribution in [0.5, 0.6) is 0 Å². The molecule has 0 saturated heterocycles. The maximum atomic E-state index is 12.3. The van der Waals surface area contributed by atoms with E-state index in [2.05, 4.69) is 50.2 Å². The van der Waals surface area contributed by atoms with Crippen molar-refractivity contribution in [1.82, 2.24) is 5.32 Å². The Morgan fingerprint density at radius 1 is 1.20 bits per heavy atom. The third-order valence-electron chi connectivity index (χ3n) is 3.35. The second-order valence-electron chi connectivity index (χ2n) is 4.76. The van der Waals surface area contributed by atoms with Crippen LogP contribution < -0.4 is 5.32 Å². The van der Waals surface area contributed by atoms with Gasteiger partial charge >= 0.3 is 0 Å². The van der Waals surface area contributed by atoms with Gasteiger partial charge in [0.1, 0.15) is 0 Å². The van der Waals surface area contributed by atoms with E-state index < -0.39 is 0 Å². The number of carbonyl (C=O) groups is 1. The Morgan fingerprint density at radius 2 is 1.90 bits per heavy atom. The molecular formula is C16H17Br2NO. The summed E-state index contributed by atoms with van der Waals surface area (Å²) in [6.07, 6.45) is 1.89. The molecule has 0 heterocycles. The molecule has 0 aliphatic rings. The van der Waals surface area contributed by atoms with Crippen molar-refractivity contribution >= 4 is 48.5 Å². The maximum Gasteiger partial charge on any atom is 0.251 e. The van der Waals surface area contributed by atoms with Gasteiger partial charge in [-0.3, -0.25) is 4.79 Å². The molecule has 0 aliphatic heterocycles. The number of hydrogen-bond acceptors (Lipinski definition) is 1. The molecule has 0 aromatic heterocycles. The SMILES string of the molecule is CCC(CCBr)NC(=O)c1ccc2cc(Br)ccc2c1. The van der Waals surface area contributed by atoms with Gasteiger partial charge < -0.3 is 5.32 Å². The van der Waals surface area contributed by atoms with E-state index in [-0.39, 0.29) is 11.9 Å². The van der Waals surface area contributed by atoms with Crippen LogP contribution in [0.15, 0.2) is 40.9 Å². The standard InChI is InChI=1S/C16H17Br2NO/c1-2-15(7-8-17)19-16(20)13-4-3-12-10-14(18)6-5-11(12)9-13/h3-6,9-10,15H,2,7-8H2,1H3,(H,19,20). The van der Waals surface area contributed by atoms with Crippen molar-refractivity contribution in [3.8, 4) is 0 Å². The fourth-order valence-corrected chi connectivity index (χ4v) is 3.07. The van der Waals surface area contributed by atoms with Gasteiger partial charge in [0.25, 0.3) is 5.91 Å². The van der Waals surface area contributed by atoms with E-state index >= 15 is 0 Å². The van der Waals surface area contributed by atoms with Crippen LogP contribution in [-0.4, -0.2) is 17.3 Å². The molecule has 4 heteroatoms. The van der Waals surface area contributed by atoms with Gasteiger partial charge in [-0.05, 0) is 47.9 Å². The van der Waals surface area contributed by atoms with Crippen LogP contribution in [-0.2, 0) is 0 Å². The van der Waals surface area contributed by atoms with Crippen molar-refractivity contribution in [1.29, 1.82) is 0 Å². The van der Waals surface area contributed by atoms with Crippen molar-refractivity contribution in [2.45, 2.75) is 25.8 Å². The lowest BCUT2D eigenvalue weighted by atomic mass is 10.1. The van der Waals surface area contributed by atoms with Crippen LogP contribution in [0.2, 0.25) is 0 Å². The highest BCUT2D eigenvalue weighted by molar-refractivity contribution is 9.10. The first-order valence-corrected chi connectivity index (χ1v) is 8.61. The number of nitrogens with one attached hydrogen (secondary N) is 1. The van der Waals surface area contributed by atoms with E-state index in [1.165, 1.54) is 0 Å². The van der Waals surface area contributed by atoms with Gasteiger partial charge in [0.05, 0.1) is 0 Å². The molecule has 2 nitrogen and oxygen atoms in total. The van der Waals surface area contributed by atoms with E-state index in [1.807, 2.05) is 30.3 Å². The van der Waals surface area contributed by atoms with Crippen molar-refractivity contribution in [2.24, 2.45) is 0 Å².